The highest BCUT2D eigenvalue weighted by molar-refractivity contribution is 6.32. The maximum Gasteiger partial charge on any atom is 0.325 e. The maximum atomic E-state index is 13.4. The molecular formula is C21H19ClN2O4. The average Bonchev–Trinajstić information content (AvgIpc) is 2.93. The van der Waals surface area contributed by atoms with E-state index in [1.165, 1.54) is 4.90 Å². The second kappa shape index (κ2) is 6.41. The maximum absolute atomic E-state index is 13.4. The van der Waals surface area contributed by atoms with Gasteiger partial charge in [0.1, 0.15) is 18.8 Å². The molecule has 5 rings (SSSR count). The van der Waals surface area contributed by atoms with E-state index in [0.29, 0.717) is 36.2 Å². The lowest BCUT2D eigenvalue weighted by atomic mass is 9.76. The highest BCUT2D eigenvalue weighted by Gasteiger charge is 2.53. The number of amides is 3. The van der Waals surface area contributed by atoms with E-state index in [1.807, 2.05) is 24.3 Å². The Bertz CT molecular complexity index is 992. The van der Waals surface area contributed by atoms with Crippen molar-refractivity contribution >= 4 is 23.5 Å². The van der Waals surface area contributed by atoms with Crippen molar-refractivity contribution in [3.63, 3.8) is 0 Å². The van der Waals surface area contributed by atoms with Crippen molar-refractivity contribution in [2.45, 2.75) is 31.3 Å². The zero-order valence-corrected chi connectivity index (χ0v) is 15.9. The summed E-state index contributed by atoms with van der Waals surface area (Å²) < 4.78 is 11.1. The third kappa shape index (κ3) is 2.55. The van der Waals surface area contributed by atoms with Gasteiger partial charge in [0.2, 0.25) is 0 Å². The van der Waals surface area contributed by atoms with E-state index < -0.39 is 5.54 Å². The molecule has 7 heteroatoms. The van der Waals surface area contributed by atoms with Gasteiger partial charge in [-0.1, -0.05) is 35.9 Å². The number of nitrogens with one attached hydrogen (secondary N) is 1. The zero-order valence-electron chi connectivity index (χ0n) is 15.2. The second-order valence-corrected chi connectivity index (χ2v) is 7.75. The summed E-state index contributed by atoms with van der Waals surface area (Å²) in [5.74, 6) is 0.834. The van der Waals surface area contributed by atoms with Gasteiger partial charge in [0.05, 0.1) is 11.6 Å². The van der Waals surface area contributed by atoms with Gasteiger partial charge in [-0.15, -0.1) is 0 Å². The highest BCUT2D eigenvalue weighted by atomic mass is 35.5. The van der Waals surface area contributed by atoms with Crippen molar-refractivity contribution < 1.29 is 19.1 Å². The predicted octanol–water partition coefficient (Wildman–Crippen LogP) is 3.39. The monoisotopic (exact) mass is 398 g/mol. The number of benzene rings is 2. The molecule has 0 unspecified atom stereocenters. The van der Waals surface area contributed by atoms with Crippen molar-refractivity contribution in [2.24, 2.45) is 0 Å². The number of hydrogen-bond acceptors (Lipinski definition) is 4. The summed E-state index contributed by atoms with van der Waals surface area (Å²) in [6, 6.07) is 11.0. The minimum absolute atomic E-state index is 0.130. The molecule has 1 fully saturated rings. The van der Waals surface area contributed by atoms with Crippen LogP contribution in [0.25, 0.3) is 0 Å². The number of ether oxygens (including phenoxy) is 2. The summed E-state index contributed by atoms with van der Waals surface area (Å²) in [6.07, 6.45) is 2.37. The standard InChI is InChI=1S/C21H19ClN2O4/c22-16-10-13(11-17-18(16)28-9-8-27-17)12-24-19(25)21(23-20(24)26)7-3-5-14-4-1-2-6-15(14)21/h1-2,4,6,10-11H,3,5,7-9,12H2,(H,23,26)/t21-/m1/s1. The fraction of sp³-hybridized carbons (Fsp3) is 0.333. The van der Waals surface area contributed by atoms with Gasteiger partial charge < -0.3 is 14.8 Å². The summed E-state index contributed by atoms with van der Waals surface area (Å²) in [4.78, 5) is 27.4. The van der Waals surface area contributed by atoms with Crippen LogP contribution in [0, 0.1) is 0 Å². The van der Waals surface area contributed by atoms with Crippen molar-refractivity contribution in [2.75, 3.05) is 13.2 Å². The van der Waals surface area contributed by atoms with Gasteiger partial charge >= 0.3 is 6.03 Å². The first-order valence-electron chi connectivity index (χ1n) is 9.39. The van der Waals surface area contributed by atoms with E-state index >= 15 is 0 Å². The van der Waals surface area contributed by atoms with Crippen LogP contribution >= 0.6 is 11.6 Å². The Morgan fingerprint density at radius 2 is 1.96 bits per heavy atom. The first-order valence-corrected chi connectivity index (χ1v) is 9.77. The van der Waals surface area contributed by atoms with Gasteiger partial charge in [-0.05, 0) is 48.1 Å². The lowest BCUT2D eigenvalue weighted by Crippen LogP contribution is -2.46. The summed E-state index contributed by atoms with van der Waals surface area (Å²) in [5, 5.41) is 3.38. The van der Waals surface area contributed by atoms with Gasteiger partial charge in [0.15, 0.2) is 11.5 Å². The normalized spacial score (nSPS) is 23.0. The van der Waals surface area contributed by atoms with Crippen LogP contribution in [0.3, 0.4) is 0 Å². The number of carbonyl (C=O) groups is 2. The van der Waals surface area contributed by atoms with E-state index in [4.69, 9.17) is 21.1 Å². The van der Waals surface area contributed by atoms with E-state index in [2.05, 4.69) is 5.32 Å². The molecule has 1 saturated heterocycles. The third-order valence-corrected chi connectivity index (χ3v) is 5.93. The fourth-order valence-corrected chi connectivity index (χ4v) is 4.68. The smallest absolute Gasteiger partial charge is 0.325 e. The number of fused-ring (bicyclic) bond motifs is 3. The number of hydrogen-bond donors (Lipinski definition) is 1. The molecule has 0 saturated carbocycles. The van der Waals surface area contributed by atoms with Gasteiger partial charge in [-0.2, -0.15) is 0 Å². The lowest BCUT2D eigenvalue weighted by molar-refractivity contribution is -0.132. The molecule has 1 spiro atoms. The lowest BCUT2D eigenvalue weighted by Gasteiger charge is -2.33. The summed E-state index contributed by atoms with van der Waals surface area (Å²) in [6.45, 7) is 1.02. The Morgan fingerprint density at radius 3 is 2.86 bits per heavy atom. The molecule has 1 aliphatic carbocycles. The van der Waals surface area contributed by atoms with Crippen LogP contribution in [0.2, 0.25) is 5.02 Å². The van der Waals surface area contributed by atoms with Crippen molar-refractivity contribution in [3.05, 3.63) is 58.1 Å². The van der Waals surface area contributed by atoms with Gasteiger partial charge in [-0.3, -0.25) is 9.69 Å². The van der Waals surface area contributed by atoms with Crippen LogP contribution < -0.4 is 14.8 Å². The molecule has 1 atom stereocenters. The van der Waals surface area contributed by atoms with Crippen LogP contribution in [-0.4, -0.2) is 30.1 Å². The second-order valence-electron chi connectivity index (χ2n) is 7.34. The Morgan fingerprint density at radius 1 is 1.14 bits per heavy atom. The minimum atomic E-state index is -0.969. The number of nitrogens with zero attached hydrogens (tertiary/aromatic N) is 1. The fourth-order valence-electron chi connectivity index (χ4n) is 4.39. The molecule has 2 aromatic carbocycles. The Kier molecular flexibility index (Phi) is 3.98. The van der Waals surface area contributed by atoms with Crippen molar-refractivity contribution in [1.82, 2.24) is 10.2 Å². The van der Waals surface area contributed by atoms with Crippen molar-refractivity contribution in [3.8, 4) is 11.5 Å². The summed E-state index contributed by atoms with van der Waals surface area (Å²) in [5.41, 5.74) is 1.77. The Labute approximate surface area is 167 Å². The molecule has 144 valence electrons. The first kappa shape index (κ1) is 17.4. The third-order valence-electron chi connectivity index (χ3n) is 5.65. The summed E-state index contributed by atoms with van der Waals surface area (Å²) in [7, 11) is 0. The number of carbonyl (C=O) groups excluding carboxylic acids is 2. The number of imide groups is 1. The van der Waals surface area contributed by atoms with Gasteiger partial charge in [0, 0.05) is 0 Å². The Balaban J connectivity index is 1.48. The van der Waals surface area contributed by atoms with Crippen LogP contribution in [0.1, 0.15) is 29.5 Å². The van der Waals surface area contributed by atoms with Crippen molar-refractivity contribution in [1.29, 1.82) is 0 Å². The number of rotatable bonds is 2. The zero-order chi connectivity index (χ0) is 19.3. The van der Waals surface area contributed by atoms with Gasteiger partial charge in [0.25, 0.3) is 5.91 Å². The number of aryl methyl sites for hydroxylation is 1. The van der Waals surface area contributed by atoms with Crippen LogP contribution in [0.4, 0.5) is 4.79 Å². The molecule has 2 aliphatic heterocycles. The van der Waals surface area contributed by atoms with E-state index in [0.717, 1.165) is 29.5 Å². The van der Waals surface area contributed by atoms with Crippen LogP contribution in [-0.2, 0) is 23.3 Å². The number of urea groups is 1. The molecule has 3 amide bonds. The molecule has 2 aromatic rings. The molecular weight excluding hydrogens is 380 g/mol. The molecule has 3 aliphatic rings. The minimum Gasteiger partial charge on any atom is -0.486 e. The average molecular weight is 399 g/mol. The number of halogens is 1. The Hall–Kier alpha value is -2.73. The quantitative estimate of drug-likeness (QED) is 0.787. The van der Waals surface area contributed by atoms with E-state index in [-0.39, 0.29) is 18.5 Å². The SMILES string of the molecule is O=C1N[C@@]2(CCCc3ccccc32)C(=O)N1Cc1cc(Cl)c2c(c1)OCCO2. The molecule has 0 bridgehead atoms. The van der Waals surface area contributed by atoms with E-state index in [1.54, 1.807) is 12.1 Å². The predicted molar refractivity (Wildman–Crippen MR) is 103 cm³/mol. The van der Waals surface area contributed by atoms with E-state index in [9.17, 15) is 9.59 Å². The molecule has 2 heterocycles. The molecule has 0 radical (unpaired) electrons. The summed E-state index contributed by atoms with van der Waals surface area (Å²) >= 11 is 6.31. The molecule has 6 nitrogen and oxygen atoms in total. The largest absolute Gasteiger partial charge is 0.486 e. The molecule has 1 N–H and O–H groups in total. The highest BCUT2D eigenvalue weighted by Crippen LogP contribution is 2.42. The van der Waals surface area contributed by atoms with Gasteiger partial charge in [-0.25, -0.2) is 4.79 Å². The molecule has 0 aromatic heterocycles. The van der Waals surface area contributed by atoms with Crippen LogP contribution in [0.15, 0.2) is 36.4 Å². The first-order chi connectivity index (χ1) is 13.6. The topological polar surface area (TPSA) is 67.9 Å². The van der Waals surface area contributed by atoms with Crippen LogP contribution in [0.5, 0.6) is 11.5 Å². The molecule has 28 heavy (non-hydrogen) atoms.